The van der Waals surface area contributed by atoms with Crippen LogP contribution in [-0.2, 0) is 26.8 Å². The van der Waals surface area contributed by atoms with E-state index in [2.05, 4.69) is 4.98 Å². The number of carbonyl (C=O) groups excluding carboxylic acids is 2. The van der Waals surface area contributed by atoms with Crippen LogP contribution in [0.4, 0.5) is 0 Å². The summed E-state index contributed by atoms with van der Waals surface area (Å²) in [7, 11) is 3.41. The fourth-order valence-electron chi connectivity index (χ4n) is 4.34. The van der Waals surface area contributed by atoms with Crippen LogP contribution in [0.15, 0.2) is 4.79 Å². The first-order chi connectivity index (χ1) is 13.0. The summed E-state index contributed by atoms with van der Waals surface area (Å²) < 4.78 is 0. The van der Waals surface area contributed by atoms with Crippen LogP contribution in [0.25, 0.3) is 0 Å². The second-order valence-corrected chi connectivity index (χ2v) is 9.48. The molecule has 1 atom stereocenters. The number of nitrogens with one attached hydrogen (secondary N) is 1. The van der Waals surface area contributed by atoms with E-state index < -0.39 is 0 Å². The maximum absolute atomic E-state index is 12.7. The zero-order valence-electron chi connectivity index (χ0n) is 17.7. The van der Waals surface area contributed by atoms with E-state index in [1.54, 1.807) is 14.1 Å². The number of aromatic amines is 1. The van der Waals surface area contributed by atoms with E-state index in [9.17, 15) is 14.4 Å². The lowest BCUT2D eigenvalue weighted by Gasteiger charge is -2.40. The Kier molecular flexibility index (Phi) is 5.38. The molecular weight excluding hydrogens is 356 g/mol. The average Bonchev–Trinajstić information content (AvgIpc) is 2.97. The van der Waals surface area contributed by atoms with Crippen molar-refractivity contribution in [2.75, 3.05) is 27.2 Å². The van der Waals surface area contributed by atoms with Crippen LogP contribution in [-0.4, -0.2) is 58.8 Å². The zero-order chi connectivity index (χ0) is 20.7. The van der Waals surface area contributed by atoms with E-state index >= 15 is 0 Å². The van der Waals surface area contributed by atoms with Crippen molar-refractivity contribution in [3.8, 4) is 0 Å². The number of hydrogen-bond acceptors (Lipinski definition) is 4. The molecule has 1 aliphatic heterocycles. The summed E-state index contributed by atoms with van der Waals surface area (Å²) >= 11 is 0. The van der Waals surface area contributed by atoms with Crippen LogP contribution >= 0.6 is 0 Å². The molecule has 1 aromatic heterocycles. The minimum atomic E-state index is -0.241. The van der Waals surface area contributed by atoms with Gasteiger partial charge in [0.15, 0.2) is 0 Å². The maximum atomic E-state index is 12.7. The van der Waals surface area contributed by atoms with E-state index in [-0.39, 0.29) is 41.0 Å². The number of piperidine rings is 1. The van der Waals surface area contributed by atoms with Gasteiger partial charge in [0.05, 0.1) is 5.69 Å². The van der Waals surface area contributed by atoms with Crippen molar-refractivity contribution in [3.05, 3.63) is 27.4 Å². The highest BCUT2D eigenvalue weighted by molar-refractivity contribution is 5.83. The molecule has 7 nitrogen and oxygen atoms in total. The lowest BCUT2D eigenvalue weighted by molar-refractivity contribution is -0.137. The van der Waals surface area contributed by atoms with Gasteiger partial charge in [-0.15, -0.1) is 0 Å². The van der Waals surface area contributed by atoms with Gasteiger partial charge in [-0.3, -0.25) is 14.4 Å². The SMILES string of the molecule is CN(C)C(=O)CCC(=O)N1CCCC2(CCc3c2nc(C(C)(C)C)[nH]c3=O)C1. The molecule has 1 N–H and O–H groups in total. The largest absolute Gasteiger partial charge is 0.349 e. The highest BCUT2D eigenvalue weighted by Crippen LogP contribution is 2.43. The molecule has 1 unspecified atom stereocenters. The summed E-state index contributed by atoms with van der Waals surface area (Å²) in [6, 6.07) is 0. The van der Waals surface area contributed by atoms with Gasteiger partial charge in [0.2, 0.25) is 11.8 Å². The Balaban J connectivity index is 1.83. The number of likely N-dealkylation sites (tertiary alicyclic amines) is 1. The third-order valence-corrected chi connectivity index (χ3v) is 6.06. The normalized spacial score (nSPS) is 21.7. The Labute approximate surface area is 166 Å². The van der Waals surface area contributed by atoms with E-state index in [0.717, 1.165) is 30.5 Å². The van der Waals surface area contributed by atoms with Crippen molar-refractivity contribution < 1.29 is 9.59 Å². The first-order valence-corrected chi connectivity index (χ1v) is 10.2. The molecule has 2 amide bonds. The Bertz CT molecular complexity index is 837. The smallest absolute Gasteiger partial charge is 0.254 e. The molecule has 0 bridgehead atoms. The fourth-order valence-corrected chi connectivity index (χ4v) is 4.34. The van der Waals surface area contributed by atoms with Crippen LogP contribution < -0.4 is 5.56 Å². The van der Waals surface area contributed by atoms with Gasteiger partial charge < -0.3 is 14.8 Å². The first-order valence-electron chi connectivity index (χ1n) is 10.2. The topological polar surface area (TPSA) is 86.4 Å². The number of aromatic nitrogens is 2. The van der Waals surface area contributed by atoms with Gasteiger partial charge in [0.1, 0.15) is 5.82 Å². The predicted octanol–water partition coefficient (Wildman–Crippen LogP) is 1.74. The second kappa shape index (κ2) is 7.33. The van der Waals surface area contributed by atoms with Gasteiger partial charge in [-0.2, -0.15) is 0 Å². The minimum absolute atomic E-state index is 0.0172. The Hall–Kier alpha value is -2.18. The third kappa shape index (κ3) is 3.84. The van der Waals surface area contributed by atoms with Gasteiger partial charge in [-0.05, 0) is 25.7 Å². The van der Waals surface area contributed by atoms with Gasteiger partial charge in [-0.25, -0.2) is 4.98 Å². The second-order valence-electron chi connectivity index (χ2n) is 9.48. The van der Waals surface area contributed by atoms with Crippen LogP contribution in [0.5, 0.6) is 0 Å². The quantitative estimate of drug-likeness (QED) is 0.855. The van der Waals surface area contributed by atoms with E-state index in [1.807, 2.05) is 25.7 Å². The average molecular weight is 389 g/mol. The van der Waals surface area contributed by atoms with Crippen molar-refractivity contribution in [1.82, 2.24) is 19.8 Å². The molecule has 28 heavy (non-hydrogen) atoms. The third-order valence-electron chi connectivity index (χ3n) is 6.06. The lowest BCUT2D eigenvalue weighted by atomic mass is 9.77. The van der Waals surface area contributed by atoms with Crippen molar-refractivity contribution in [1.29, 1.82) is 0 Å². The highest BCUT2D eigenvalue weighted by atomic mass is 16.2. The molecule has 1 fully saturated rings. The molecule has 3 rings (SSSR count). The van der Waals surface area contributed by atoms with E-state index in [1.165, 1.54) is 4.90 Å². The number of amides is 2. The maximum Gasteiger partial charge on any atom is 0.254 e. The molecule has 0 saturated carbocycles. The van der Waals surface area contributed by atoms with Crippen molar-refractivity contribution in [3.63, 3.8) is 0 Å². The lowest BCUT2D eigenvalue weighted by Crippen LogP contribution is -2.48. The summed E-state index contributed by atoms with van der Waals surface area (Å²) in [5, 5.41) is 0. The summed E-state index contributed by atoms with van der Waals surface area (Å²) in [6.07, 6.45) is 3.87. The predicted molar refractivity (Wildman–Crippen MR) is 107 cm³/mol. The number of nitrogens with zero attached hydrogens (tertiary/aromatic N) is 3. The van der Waals surface area contributed by atoms with Gasteiger partial charge in [0, 0.05) is 56.4 Å². The van der Waals surface area contributed by atoms with Crippen LogP contribution in [0, 0.1) is 0 Å². The van der Waals surface area contributed by atoms with Crippen molar-refractivity contribution >= 4 is 11.8 Å². The number of H-pyrrole nitrogens is 1. The first kappa shape index (κ1) is 20.6. The van der Waals surface area contributed by atoms with Crippen LogP contribution in [0.3, 0.4) is 0 Å². The zero-order valence-corrected chi connectivity index (χ0v) is 17.7. The standard InChI is InChI=1S/C21H32N4O3/c1-20(2,3)19-22-17-14(18(28)23-19)9-11-21(17)10-6-12-25(13-21)16(27)8-7-15(26)24(4)5/h6-13H2,1-5H3,(H,22,23,28). The van der Waals surface area contributed by atoms with E-state index in [0.29, 0.717) is 25.3 Å². The Morgan fingerprint density at radius 3 is 2.57 bits per heavy atom. The van der Waals surface area contributed by atoms with E-state index in [4.69, 9.17) is 4.98 Å². The molecule has 1 aromatic rings. The number of fused-ring (bicyclic) bond motifs is 2. The molecule has 1 spiro atoms. The number of hydrogen-bond donors (Lipinski definition) is 1. The number of rotatable bonds is 3. The molecule has 2 heterocycles. The summed E-state index contributed by atoms with van der Waals surface area (Å²) in [6.45, 7) is 7.42. The van der Waals surface area contributed by atoms with Crippen molar-refractivity contribution in [2.24, 2.45) is 0 Å². The Morgan fingerprint density at radius 1 is 1.21 bits per heavy atom. The fraction of sp³-hybridized carbons (Fsp3) is 0.714. The van der Waals surface area contributed by atoms with Crippen molar-refractivity contribution in [2.45, 2.75) is 70.1 Å². The Morgan fingerprint density at radius 2 is 1.93 bits per heavy atom. The molecule has 7 heteroatoms. The minimum Gasteiger partial charge on any atom is -0.349 e. The molecule has 1 saturated heterocycles. The summed E-state index contributed by atoms with van der Waals surface area (Å²) in [4.78, 5) is 48.4. The van der Waals surface area contributed by atoms with Crippen LogP contribution in [0.1, 0.15) is 70.0 Å². The number of carbonyl (C=O) groups is 2. The van der Waals surface area contributed by atoms with Gasteiger partial charge in [0.25, 0.3) is 5.56 Å². The molecule has 2 aliphatic rings. The molecule has 0 radical (unpaired) electrons. The summed E-state index contributed by atoms with van der Waals surface area (Å²) in [5.41, 5.74) is 1.16. The van der Waals surface area contributed by atoms with Gasteiger partial charge in [-0.1, -0.05) is 20.8 Å². The summed E-state index contributed by atoms with van der Waals surface area (Å²) in [5.74, 6) is 0.690. The molecule has 0 aromatic carbocycles. The highest BCUT2D eigenvalue weighted by Gasteiger charge is 2.46. The molecule has 154 valence electrons. The van der Waals surface area contributed by atoms with Gasteiger partial charge >= 0.3 is 0 Å². The monoisotopic (exact) mass is 388 g/mol. The molecular formula is C21H32N4O3. The van der Waals surface area contributed by atoms with Crippen LogP contribution in [0.2, 0.25) is 0 Å². The molecule has 1 aliphatic carbocycles.